The molecule has 6 heteroatoms. The highest BCUT2D eigenvalue weighted by atomic mass is 16.3. The minimum atomic E-state index is -1.10. The number of rotatable bonds is 1. The van der Waals surface area contributed by atoms with E-state index in [1.807, 2.05) is 6.07 Å². The molecular formula is C11H13N3O3. The number of aliphatic hydroxyl groups is 1. The Balaban J connectivity index is 2.08. The summed E-state index contributed by atoms with van der Waals surface area (Å²) >= 11 is 0. The van der Waals surface area contributed by atoms with Crippen molar-refractivity contribution < 1.29 is 14.7 Å². The van der Waals surface area contributed by atoms with Crippen LogP contribution in [0.3, 0.4) is 0 Å². The maximum Gasteiger partial charge on any atom is 0.332 e. The van der Waals surface area contributed by atoms with E-state index in [1.54, 1.807) is 24.3 Å². The van der Waals surface area contributed by atoms with Gasteiger partial charge in [-0.15, -0.1) is 0 Å². The first kappa shape index (κ1) is 11.4. The zero-order valence-electron chi connectivity index (χ0n) is 9.33. The number of anilines is 1. The summed E-state index contributed by atoms with van der Waals surface area (Å²) in [6.07, 6.45) is -1.10. The minimum Gasteiger partial charge on any atom is -0.371 e. The Hall–Kier alpha value is -2.08. The SMILES string of the molecule is CN1CC(O)N(C(=O)Nc2ccccc2)C1=O. The van der Waals surface area contributed by atoms with Crippen molar-refractivity contribution in [2.75, 3.05) is 18.9 Å². The Morgan fingerprint density at radius 2 is 2.06 bits per heavy atom. The van der Waals surface area contributed by atoms with Crippen molar-refractivity contribution in [2.45, 2.75) is 6.23 Å². The van der Waals surface area contributed by atoms with Crippen LogP contribution in [0, 0.1) is 0 Å². The number of nitrogens with zero attached hydrogens (tertiary/aromatic N) is 2. The summed E-state index contributed by atoms with van der Waals surface area (Å²) in [5, 5.41) is 12.1. The predicted octanol–water partition coefficient (Wildman–Crippen LogP) is 0.904. The smallest absolute Gasteiger partial charge is 0.332 e. The van der Waals surface area contributed by atoms with Gasteiger partial charge < -0.3 is 15.3 Å². The van der Waals surface area contributed by atoms with Gasteiger partial charge in [-0.2, -0.15) is 0 Å². The lowest BCUT2D eigenvalue weighted by Gasteiger charge is -2.17. The molecule has 1 heterocycles. The van der Waals surface area contributed by atoms with Gasteiger partial charge in [0.2, 0.25) is 0 Å². The van der Waals surface area contributed by atoms with Crippen LogP contribution in [0.5, 0.6) is 0 Å². The Morgan fingerprint density at radius 1 is 1.41 bits per heavy atom. The van der Waals surface area contributed by atoms with E-state index in [0.29, 0.717) is 5.69 Å². The van der Waals surface area contributed by atoms with Crippen LogP contribution in [0.1, 0.15) is 0 Å². The summed E-state index contributed by atoms with van der Waals surface area (Å²) in [6.45, 7) is 0.126. The molecule has 0 aromatic heterocycles. The molecule has 90 valence electrons. The van der Waals surface area contributed by atoms with Gasteiger partial charge in [-0.3, -0.25) is 0 Å². The van der Waals surface area contributed by atoms with Crippen molar-refractivity contribution in [3.8, 4) is 0 Å². The molecule has 1 atom stereocenters. The molecule has 0 radical (unpaired) electrons. The van der Waals surface area contributed by atoms with Crippen LogP contribution in [0.2, 0.25) is 0 Å². The third-order valence-corrected chi connectivity index (χ3v) is 2.51. The number of hydrogen-bond acceptors (Lipinski definition) is 3. The van der Waals surface area contributed by atoms with E-state index in [2.05, 4.69) is 5.32 Å². The van der Waals surface area contributed by atoms with Crippen molar-refractivity contribution in [3.63, 3.8) is 0 Å². The van der Waals surface area contributed by atoms with E-state index in [0.717, 1.165) is 4.90 Å². The molecule has 0 spiro atoms. The van der Waals surface area contributed by atoms with Gasteiger partial charge >= 0.3 is 12.1 Å². The van der Waals surface area contributed by atoms with E-state index >= 15 is 0 Å². The molecule has 1 aromatic rings. The fraction of sp³-hybridized carbons (Fsp3) is 0.273. The first-order valence-corrected chi connectivity index (χ1v) is 5.18. The molecule has 2 rings (SSSR count). The number of para-hydroxylation sites is 1. The lowest BCUT2D eigenvalue weighted by molar-refractivity contribution is 0.0858. The second-order valence-electron chi connectivity index (χ2n) is 3.81. The fourth-order valence-electron chi connectivity index (χ4n) is 1.64. The number of nitrogens with one attached hydrogen (secondary N) is 1. The van der Waals surface area contributed by atoms with Gasteiger partial charge in [0.15, 0.2) is 6.23 Å². The molecule has 1 unspecified atom stereocenters. The number of likely N-dealkylation sites (N-methyl/N-ethyl adjacent to an activating group) is 1. The Kier molecular flexibility index (Phi) is 2.97. The molecule has 2 N–H and O–H groups in total. The topological polar surface area (TPSA) is 72.9 Å². The van der Waals surface area contributed by atoms with E-state index in [-0.39, 0.29) is 6.54 Å². The normalized spacial score (nSPS) is 19.6. The fourth-order valence-corrected chi connectivity index (χ4v) is 1.64. The van der Waals surface area contributed by atoms with Crippen molar-refractivity contribution in [1.29, 1.82) is 0 Å². The number of benzene rings is 1. The van der Waals surface area contributed by atoms with Crippen LogP contribution in [0.4, 0.5) is 15.3 Å². The molecular weight excluding hydrogens is 222 g/mol. The zero-order valence-corrected chi connectivity index (χ0v) is 9.33. The second kappa shape index (κ2) is 4.42. The number of aliphatic hydroxyl groups excluding tert-OH is 1. The van der Waals surface area contributed by atoms with Gasteiger partial charge in [-0.1, -0.05) is 18.2 Å². The highest BCUT2D eigenvalue weighted by Crippen LogP contribution is 2.14. The maximum absolute atomic E-state index is 11.8. The number of β-amino-alcohol motifs (C(OH)–C–C–N with tert-alkyl or cyclic N) is 1. The van der Waals surface area contributed by atoms with Crippen LogP contribution in [-0.2, 0) is 0 Å². The number of imide groups is 1. The van der Waals surface area contributed by atoms with Gasteiger partial charge in [-0.25, -0.2) is 14.5 Å². The van der Waals surface area contributed by atoms with Gasteiger partial charge in [0.25, 0.3) is 0 Å². The molecule has 0 aliphatic carbocycles. The van der Waals surface area contributed by atoms with E-state index in [4.69, 9.17) is 0 Å². The Morgan fingerprint density at radius 3 is 2.59 bits per heavy atom. The van der Waals surface area contributed by atoms with Gasteiger partial charge in [0, 0.05) is 12.7 Å². The summed E-state index contributed by atoms with van der Waals surface area (Å²) in [4.78, 5) is 25.5. The summed E-state index contributed by atoms with van der Waals surface area (Å²) in [6, 6.07) is 7.63. The van der Waals surface area contributed by atoms with Gasteiger partial charge in [0.05, 0.1) is 6.54 Å². The zero-order chi connectivity index (χ0) is 12.4. The van der Waals surface area contributed by atoms with E-state index < -0.39 is 18.3 Å². The third kappa shape index (κ3) is 2.21. The van der Waals surface area contributed by atoms with Crippen LogP contribution in [0.15, 0.2) is 30.3 Å². The van der Waals surface area contributed by atoms with Gasteiger partial charge in [0.1, 0.15) is 0 Å². The lowest BCUT2D eigenvalue weighted by Crippen LogP contribution is -2.42. The Bertz CT molecular complexity index is 435. The highest BCUT2D eigenvalue weighted by molar-refractivity contribution is 6.01. The molecule has 1 saturated heterocycles. The maximum atomic E-state index is 11.8. The first-order valence-electron chi connectivity index (χ1n) is 5.18. The molecule has 1 aromatic carbocycles. The molecule has 0 saturated carbocycles. The average molecular weight is 235 g/mol. The summed E-state index contributed by atoms with van der Waals surface area (Å²) in [5.41, 5.74) is 0.576. The van der Waals surface area contributed by atoms with Crippen molar-refractivity contribution in [2.24, 2.45) is 0 Å². The summed E-state index contributed by atoms with van der Waals surface area (Å²) in [5.74, 6) is 0. The highest BCUT2D eigenvalue weighted by Gasteiger charge is 2.38. The summed E-state index contributed by atoms with van der Waals surface area (Å²) in [7, 11) is 1.53. The van der Waals surface area contributed by atoms with Crippen molar-refractivity contribution >= 4 is 17.7 Å². The van der Waals surface area contributed by atoms with Crippen molar-refractivity contribution in [3.05, 3.63) is 30.3 Å². The van der Waals surface area contributed by atoms with E-state index in [1.165, 1.54) is 11.9 Å². The molecule has 4 amide bonds. The second-order valence-corrected chi connectivity index (χ2v) is 3.81. The minimum absolute atomic E-state index is 0.126. The van der Waals surface area contributed by atoms with Crippen molar-refractivity contribution in [1.82, 2.24) is 9.80 Å². The van der Waals surface area contributed by atoms with Gasteiger partial charge in [-0.05, 0) is 12.1 Å². The predicted molar refractivity (Wildman–Crippen MR) is 61.3 cm³/mol. The van der Waals surface area contributed by atoms with Crippen LogP contribution in [-0.4, -0.2) is 46.8 Å². The molecule has 6 nitrogen and oxygen atoms in total. The molecule has 0 bridgehead atoms. The number of hydrogen-bond donors (Lipinski definition) is 2. The van der Waals surface area contributed by atoms with Crippen LogP contribution < -0.4 is 5.32 Å². The molecule has 1 aliphatic rings. The Labute approximate surface area is 98.4 Å². The standard InChI is InChI=1S/C11H13N3O3/c1-13-7-9(15)14(11(13)17)10(16)12-8-5-3-2-4-6-8/h2-6,9,15H,7H2,1H3,(H,12,16). The quantitative estimate of drug-likeness (QED) is 0.759. The summed E-state index contributed by atoms with van der Waals surface area (Å²) < 4.78 is 0. The third-order valence-electron chi connectivity index (χ3n) is 2.51. The first-order chi connectivity index (χ1) is 8.09. The van der Waals surface area contributed by atoms with Crippen LogP contribution >= 0.6 is 0 Å². The van der Waals surface area contributed by atoms with Crippen LogP contribution in [0.25, 0.3) is 0 Å². The van der Waals surface area contributed by atoms with E-state index in [9.17, 15) is 14.7 Å². The number of urea groups is 2. The lowest BCUT2D eigenvalue weighted by atomic mass is 10.3. The average Bonchev–Trinajstić information content (AvgIpc) is 2.54. The molecule has 17 heavy (non-hydrogen) atoms. The molecule has 1 fully saturated rings. The molecule has 1 aliphatic heterocycles. The number of carbonyl (C=O) groups excluding carboxylic acids is 2. The largest absolute Gasteiger partial charge is 0.371 e. The number of amides is 4. The number of carbonyl (C=O) groups is 2. The monoisotopic (exact) mass is 235 g/mol.